The lowest BCUT2D eigenvalue weighted by molar-refractivity contribution is -0.142. The SMILES string of the molecule is COC(=O)CCN(Cc1ccc(C)cc1)C(=O)CC1CCCCC1. The van der Waals surface area contributed by atoms with Crippen LogP contribution in [0.2, 0.25) is 0 Å². The first-order valence-electron chi connectivity index (χ1n) is 8.98. The van der Waals surface area contributed by atoms with Crippen molar-refractivity contribution in [1.29, 1.82) is 0 Å². The first-order chi connectivity index (χ1) is 11.6. The number of rotatable bonds is 7. The Morgan fingerprint density at radius 3 is 2.42 bits per heavy atom. The Kier molecular flexibility index (Phi) is 7.29. The van der Waals surface area contributed by atoms with E-state index in [2.05, 4.69) is 12.1 Å². The number of carbonyl (C=O) groups is 2. The van der Waals surface area contributed by atoms with E-state index in [1.807, 2.05) is 24.0 Å². The zero-order valence-electron chi connectivity index (χ0n) is 14.9. The van der Waals surface area contributed by atoms with Gasteiger partial charge in [0.1, 0.15) is 0 Å². The molecule has 0 radical (unpaired) electrons. The second-order valence-electron chi connectivity index (χ2n) is 6.84. The minimum atomic E-state index is -0.269. The molecule has 0 unspecified atom stereocenters. The summed E-state index contributed by atoms with van der Waals surface area (Å²) in [5, 5.41) is 0. The molecule has 1 aromatic carbocycles. The van der Waals surface area contributed by atoms with E-state index in [1.165, 1.54) is 31.9 Å². The second-order valence-corrected chi connectivity index (χ2v) is 6.84. The molecule has 2 rings (SSSR count). The van der Waals surface area contributed by atoms with E-state index in [-0.39, 0.29) is 18.3 Å². The van der Waals surface area contributed by atoms with Crippen LogP contribution in [0.25, 0.3) is 0 Å². The summed E-state index contributed by atoms with van der Waals surface area (Å²) < 4.78 is 4.72. The van der Waals surface area contributed by atoms with Crippen molar-refractivity contribution >= 4 is 11.9 Å². The van der Waals surface area contributed by atoms with E-state index < -0.39 is 0 Å². The standard InChI is InChI=1S/C20H29NO3/c1-16-8-10-18(11-9-16)15-21(13-12-20(23)24-2)19(22)14-17-6-4-3-5-7-17/h8-11,17H,3-7,12-15H2,1-2H3. The van der Waals surface area contributed by atoms with E-state index in [0.717, 1.165) is 18.4 Å². The molecule has 0 saturated heterocycles. The molecule has 0 bridgehead atoms. The summed E-state index contributed by atoms with van der Waals surface area (Å²) in [6.45, 7) is 3.03. The van der Waals surface area contributed by atoms with Crippen LogP contribution in [0.3, 0.4) is 0 Å². The van der Waals surface area contributed by atoms with Crippen LogP contribution in [0.4, 0.5) is 0 Å². The molecular formula is C20H29NO3. The van der Waals surface area contributed by atoms with Crippen LogP contribution >= 0.6 is 0 Å². The number of ether oxygens (including phenoxy) is 1. The number of aryl methyl sites for hydroxylation is 1. The van der Waals surface area contributed by atoms with Gasteiger partial charge in [0.15, 0.2) is 0 Å². The van der Waals surface area contributed by atoms with Gasteiger partial charge in [-0.15, -0.1) is 0 Å². The van der Waals surface area contributed by atoms with Gasteiger partial charge in [0.2, 0.25) is 5.91 Å². The van der Waals surface area contributed by atoms with E-state index in [1.54, 1.807) is 0 Å². The summed E-state index contributed by atoms with van der Waals surface area (Å²) in [5.41, 5.74) is 2.30. The number of amides is 1. The van der Waals surface area contributed by atoms with Crippen LogP contribution in [0.5, 0.6) is 0 Å². The number of hydrogen-bond acceptors (Lipinski definition) is 3. The van der Waals surface area contributed by atoms with Crippen LogP contribution in [-0.2, 0) is 20.9 Å². The van der Waals surface area contributed by atoms with E-state index in [0.29, 0.717) is 25.4 Å². The average Bonchev–Trinajstić information content (AvgIpc) is 2.60. The topological polar surface area (TPSA) is 46.6 Å². The molecular weight excluding hydrogens is 302 g/mol. The van der Waals surface area contributed by atoms with Crippen molar-refractivity contribution in [2.24, 2.45) is 5.92 Å². The quantitative estimate of drug-likeness (QED) is 0.713. The first kappa shape index (κ1) is 18.5. The summed E-state index contributed by atoms with van der Waals surface area (Å²) in [6.07, 6.45) is 6.92. The number of esters is 1. The highest BCUT2D eigenvalue weighted by atomic mass is 16.5. The largest absolute Gasteiger partial charge is 0.469 e. The Bertz CT molecular complexity index is 532. The van der Waals surface area contributed by atoms with Crippen molar-refractivity contribution in [2.45, 2.75) is 58.4 Å². The predicted octanol–water partition coefficient (Wildman–Crippen LogP) is 3.86. The van der Waals surface area contributed by atoms with Crippen LogP contribution in [-0.4, -0.2) is 30.4 Å². The van der Waals surface area contributed by atoms with Gasteiger partial charge in [0.25, 0.3) is 0 Å². The van der Waals surface area contributed by atoms with Crippen molar-refractivity contribution in [3.05, 3.63) is 35.4 Å². The fourth-order valence-corrected chi connectivity index (χ4v) is 3.30. The molecule has 0 aliphatic heterocycles. The van der Waals surface area contributed by atoms with Crippen LogP contribution in [0, 0.1) is 12.8 Å². The Morgan fingerprint density at radius 2 is 1.79 bits per heavy atom. The molecule has 0 N–H and O–H groups in total. The molecule has 4 heteroatoms. The summed E-state index contributed by atoms with van der Waals surface area (Å²) in [5.74, 6) is 0.394. The number of benzene rings is 1. The van der Waals surface area contributed by atoms with Gasteiger partial charge in [-0.25, -0.2) is 0 Å². The summed E-state index contributed by atoms with van der Waals surface area (Å²) in [6, 6.07) is 8.21. The summed E-state index contributed by atoms with van der Waals surface area (Å²) in [7, 11) is 1.39. The van der Waals surface area contributed by atoms with Gasteiger partial charge in [0.05, 0.1) is 13.5 Å². The summed E-state index contributed by atoms with van der Waals surface area (Å²) >= 11 is 0. The highest BCUT2D eigenvalue weighted by Gasteiger charge is 2.22. The number of methoxy groups -OCH3 is 1. The van der Waals surface area contributed by atoms with Gasteiger partial charge in [-0.1, -0.05) is 49.1 Å². The molecule has 24 heavy (non-hydrogen) atoms. The van der Waals surface area contributed by atoms with Crippen molar-refractivity contribution in [2.75, 3.05) is 13.7 Å². The monoisotopic (exact) mass is 331 g/mol. The van der Waals surface area contributed by atoms with E-state index in [9.17, 15) is 9.59 Å². The molecule has 1 saturated carbocycles. The lowest BCUT2D eigenvalue weighted by Gasteiger charge is -2.27. The van der Waals surface area contributed by atoms with Crippen molar-refractivity contribution in [1.82, 2.24) is 4.90 Å². The minimum Gasteiger partial charge on any atom is -0.469 e. The maximum absolute atomic E-state index is 12.8. The Hall–Kier alpha value is -1.84. The van der Waals surface area contributed by atoms with Gasteiger partial charge in [-0.3, -0.25) is 9.59 Å². The third-order valence-electron chi connectivity index (χ3n) is 4.85. The van der Waals surface area contributed by atoms with Gasteiger partial charge < -0.3 is 9.64 Å². The van der Waals surface area contributed by atoms with E-state index in [4.69, 9.17) is 4.74 Å². The molecule has 1 aliphatic carbocycles. The molecule has 0 heterocycles. The third-order valence-corrected chi connectivity index (χ3v) is 4.85. The Morgan fingerprint density at radius 1 is 1.12 bits per heavy atom. The molecule has 0 spiro atoms. The zero-order valence-corrected chi connectivity index (χ0v) is 14.9. The van der Waals surface area contributed by atoms with Gasteiger partial charge in [0, 0.05) is 19.5 Å². The molecule has 0 atom stereocenters. The number of carbonyl (C=O) groups excluding carboxylic acids is 2. The fraction of sp³-hybridized carbons (Fsp3) is 0.600. The van der Waals surface area contributed by atoms with E-state index >= 15 is 0 Å². The fourth-order valence-electron chi connectivity index (χ4n) is 3.30. The minimum absolute atomic E-state index is 0.159. The molecule has 132 valence electrons. The predicted molar refractivity (Wildman–Crippen MR) is 94.4 cm³/mol. The van der Waals surface area contributed by atoms with Crippen LogP contribution in [0.1, 0.15) is 56.1 Å². The first-order valence-corrected chi connectivity index (χ1v) is 8.98. The Labute approximate surface area is 145 Å². The van der Waals surface area contributed by atoms with Gasteiger partial charge >= 0.3 is 5.97 Å². The number of nitrogens with zero attached hydrogens (tertiary/aromatic N) is 1. The third kappa shape index (κ3) is 5.99. The highest BCUT2D eigenvalue weighted by Crippen LogP contribution is 2.27. The molecule has 1 aromatic rings. The number of hydrogen-bond donors (Lipinski definition) is 0. The Balaban J connectivity index is 1.98. The van der Waals surface area contributed by atoms with Crippen molar-refractivity contribution < 1.29 is 14.3 Å². The normalized spacial score (nSPS) is 15.1. The molecule has 0 aromatic heterocycles. The zero-order chi connectivity index (χ0) is 17.4. The molecule has 1 amide bonds. The molecule has 1 aliphatic rings. The molecule has 4 nitrogen and oxygen atoms in total. The van der Waals surface area contributed by atoms with Crippen LogP contribution in [0.15, 0.2) is 24.3 Å². The maximum atomic E-state index is 12.8. The molecule has 1 fully saturated rings. The average molecular weight is 331 g/mol. The smallest absolute Gasteiger partial charge is 0.307 e. The van der Waals surface area contributed by atoms with Crippen molar-refractivity contribution in [3.8, 4) is 0 Å². The second kappa shape index (κ2) is 9.45. The van der Waals surface area contributed by atoms with Crippen LogP contribution < -0.4 is 0 Å². The maximum Gasteiger partial charge on any atom is 0.307 e. The highest BCUT2D eigenvalue weighted by molar-refractivity contribution is 5.77. The lowest BCUT2D eigenvalue weighted by atomic mass is 9.86. The van der Waals surface area contributed by atoms with Crippen molar-refractivity contribution in [3.63, 3.8) is 0 Å². The summed E-state index contributed by atoms with van der Waals surface area (Å²) in [4.78, 5) is 26.0. The lowest BCUT2D eigenvalue weighted by Crippen LogP contribution is -2.34. The van der Waals surface area contributed by atoms with Gasteiger partial charge in [-0.2, -0.15) is 0 Å². The van der Waals surface area contributed by atoms with Gasteiger partial charge in [-0.05, 0) is 31.2 Å².